The molecule has 0 unspecified atom stereocenters. The number of likely N-dealkylation sites (N-methyl/N-ethyl adjacent to an activating group) is 1. The number of rotatable bonds is 5. The molecule has 0 radical (unpaired) electrons. The number of aromatic hydroxyl groups is 1. The first kappa shape index (κ1) is 16.8. The Labute approximate surface area is 146 Å². The molecule has 1 aromatic carbocycles. The minimum atomic E-state index is -1.14. The number of fused-ring (bicyclic) bond motifs is 1. The second-order valence-corrected chi connectivity index (χ2v) is 5.88. The Morgan fingerprint density at radius 1 is 1.24 bits per heavy atom. The summed E-state index contributed by atoms with van der Waals surface area (Å²) < 4.78 is 0. The minimum absolute atomic E-state index is 0.0725. The minimum Gasteiger partial charge on any atom is -0.506 e. The first-order valence-corrected chi connectivity index (χ1v) is 8.33. The van der Waals surface area contributed by atoms with Crippen LogP contribution in [0.4, 0.5) is 0 Å². The summed E-state index contributed by atoms with van der Waals surface area (Å²) >= 11 is 1.35. The Kier molecular flexibility index (Phi) is 4.57. The van der Waals surface area contributed by atoms with Gasteiger partial charge >= 0.3 is 5.97 Å². The fourth-order valence-corrected chi connectivity index (χ4v) is 3.04. The topological polar surface area (TPSA) is 117 Å². The largest absolute Gasteiger partial charge is 0.506 e. The fraction of sp³-hybridized carbons (Fsp3) is 0.188. The molecule has 0 saturated carbocycles. The maximum Gasteiger partial charge on any atom is 0.323 e. The number of carbonyl (C=O) groups is 2. The van der Waals surface area contributed by atoms with Crippen molar-refractivity contribution in [2.45, 2.75) is 6.92 Å². The van der Waals surface area contributed by atoms with E-state index in [4.69, 9.17) is 5.11 Å². The molecule has 0 atom stereocenters. The third kappa shape index (κ3) is 3.13. The SMILES string of the molecule is CCN(CC(=O)O)C(=O)c1c(O)c(-c2cscn2)cc2nccnc12. The summed E-state index contributed by atoms with van der Waals surface area (Å²) in [7, 11) is 0. The van der Waals surface area contributed by atoms with Crippen LogP contribution >= 0.6 is 11.3 Å². The fourth-order valence-electron chi connectivity index (χ4n) is 2.49. The molecule has 0 spiro atoms. The molecular weight excluding hydrogens is 344 g/mol. The van der Waals surface area contributed by atoms with Crippen molar-refractivity contribution in [1.29, 1.82) is 0 Å². The van der Waals surface area contributed by atoms with Crippen LogP contribution in [0.15, 0.2) is 29.4 Å². The molecule has 1 amide bonds. The zero-order valence-electron chi connectivity index (χ0n) is 13.2. The number of phenols is 1. The van der Waals surface area contributed by atoms with E-state index in [9.17, 15) is 14.7 Å². The average Bonchev–Trinajstić information content (AvgIpc) is 3.12. The third-order valence-electron chi connectivity index (χ3n) is 3.65. The number of benzene rings is 1. The number of carboxylic acids is 1. The molecule has 0 aliphatic rings. The predicted octanol–water partition coefficient (Wildman–Crippen LogP) is 2.01. The maximum absolute atomic E-state index is 12.9. The number of nitrogens with zero attached hydrogens (tertiary/aromatic N) is 4. The number of aromatic nitrogens is 3. The predicted molar refractivity (Wildman–Crippen MR) is 91.5 cm³/mol. The zero-order chi connectivity index (χ0) is 18.0. The Bertz CT molecular complexity index is 943. The van der Waals surface area contributed by atoms with Gasteiger partial charge in [0.1, 0.15) is 23.4 Å². The maximum atomic E-state index is 12.9. The molecule has 0 aliphatic carbocycles. The summed E-state index contributed by atoms with van der Waals surface area (Å²) in [5.74, 6) is -2.04. The Balaban J connectivity index is 2.23. The van der Waals surface area contributed by atoms with Crippen LogP contribution in [0, 0.1) is 0 Å². The molecule has 0 aliphatic heterocycles. The van der Waals surface area contributed by atoms with Crippen LogP contribution in [0.2, 0.25) is 0 Å². The molecule has 3 rings (SSSR count). The van der Waals surface area contributed by atoms with Crippen molar-refractivity contribution in [3.05, 3.63) is 34.9 Å². The molecule has 2 heterocycles. The van der Waals surface area contributed by atoms with E-state index in [0.29, 0.717) is 16.8 Å². The number of carbonyl (C=O) groups excluding carboxylic acids is 1. The third-order valence-corrected chi connectivity index (χ3v) is 4.24. The molecule has 128 valence electrons. The van der Waals surface area contributed by atoms with Crippen LogP contribution in [-0.2, 0) is 4.79 Å². The molecule has 3 aromatic rings. The first-order chi connectivity index (χ1) is 12.0. The van der Waals surface area contributed by atoms with Gasteiger partial charge in [-0.05, 0) is 13.0 Å². The summed E-state index contributed by atoms with van der Waals surface area (Å²) in [6, 6.07) is 1.61. The van der Waals surface area contributed by atoms with Gasteiger partial charge in [0.15, 0.2) is 0 Å². The smallest absolute Gasteiger partial charge is 0.323 e. The lowest BCUT2D eigenvalue weighted by Crippen LogP contribution is -2.35. The van der Waals surface area contributed by atoms with Crippen molar-refractivity contribution in [1.82, 2.24) is 19.9 Å². The van der Waals surface area contributed by atoms with Crippen LogP contribution in [0.5, 0.6) is 5.75 Å². The van der Waals surface area contributed by atoms with Gasteiger partial charge in [0, 0.05) is 29.9 Å². The Morgan fingerprint density at radius 3 is 2.64 bits per heavy atom. The molecular formula is C16H14N4O4S. The molecule has 8 nitrogen and oxygen atoms in total. The number of phenolic OH excluding ortho intramolecular Hbond substituents is 1. The number of hydrogen-bond donors (Lipinski definition) is 2. The number of thiazole rings is 1. The van der Waals surface area contributed by atoms with Gasteiger partial charge in [0.25, 0.3) is 5.91 Å². The monoisotopic (exact) mass is 358 g/mol. The average molecular weight is 358 g/mol. The van der Waals surface area contributed by atoms with Crippen LogP contribution in [-0.4, -0.2) is 55.0 Å². The van der Waals surface area contributed by atoms with Crippen molar-refractivity contribution in [3.63, 3.8) is 0 Å². The van der Waals surface area contributed by atoms with Crippen molar-refractivity contribution >= 4 is 34.2 Å². The highest BCUT2D eigenvalue weighted by atomic mass is 32.1. The molecule has 0 saturated heterocycles. The zero-order valence-corrected chi connectivity index (χ0v) is 14.0. The van der Waals surface area contributed by atoms with E-state index in [0.717, 1.165) is 4.90 Å². The summed E-state index contributed by atoms with van der Waals surface area (Å²) in [6.45, 7) is 1.36. The lowest BCUT2D eigenvalue weighted by atomic mass is 10.0. The van der Waals surface area contributed by atoms with Gasteiger partial charge in [0.05, 0.1) is 16.7 Å². The van der Waals surface area contributed by atoms with Gasteiger partial charge in [-0.2, -0.15) is 0 Å². The highest BCUT2D eigenvalue weighted by molar-refractivity contribution is 7.07. The van der Waals surface area contributed by atoms with Crippen LogP contribution in [0.3, 0.4) is 0 Å². The van der Waals surface area contributed by atoms with Crippen molar-refractivity contribution < 1.29 is 19.8 Å². The van der Waals surface area contributed by atoms with Crippen molar-refractivity contribution in [2.24, 2.45) is 0 Å². The van der Waals surface area contributed by atoms with E-state index in [1.807, 2.05) is 0 Å². The summed E-state index contributed by atoms with van der Waals surface area (Å²) in [4.78, 5) is 37.5. The standard InChI is InChI=1S/C16H14N4O4S/c1-2-20(6-12(21)22)16(24)13-14-10(17-3-4-18-14)5-9(15(13)23)11-7-25-8-19-11/h3-5,7-8,23H,2,6H2,1H3,(H,21,22). The number of amides is 1. The summed E-state index contributed by atoms with van der Waals surface area (Å²) in [5.41, 5.74) is 3.02. The molecule has 0 bridgehead atoms. The van der Waals surface area contributed by atoms with Crippen LogP contribution < -0.4 is 0 Å². The second-order valence-electron chi connectivity index (χ2n) is 5.16. The molecule has 2 N–H and O–H groups in total. The van der Waals surface area contributed by atoms with Gasteiger partial charge in [-0.3, -0.25) is 19.6 Å². The van der Waals surface area contributed by atoms with Crippen LogP contribution in [0.25, 0.3) is 22.3 Å². The molecule has 25 heavy (non-hydrogen) atoms. The van der Waals surface area contributed by atoms with E-state index < -0.39 is 18.4 Å². The lowest BCUT2D eigenvalue weighted by molar-refractivity contribution is -0.137. The van der Waals surface area contributed by atoms with Gasteiger partial charge in [-0.25, -0.2) is 4.98 Å². The lowest BCUT2D eigenvalue weighted by Gasteiger charge is -2.20. The molecule has 9 heteroatoms. The van der Waals surface area contributed by atoms with Crippen molar-refractivity contribution in [3.8, 4) is 17.0 Å². The number of carboxylic acid groups (broad SMARTS) is 1. The van der Waals surface area contributed by atoms with Gasteiger partial charge in [-0.15, -0.1) is 11.3 Å². The summed E-state index contributed by atoms with van der Waals surface area (Å²) in [5, 5.41) is 21.5. The highest BCUT2D eigenvalue weighted by Crippen LogP contribution is 2.36. The Hall–Kier alpha value is -3.07. The second kappa shape index (κ2) is 6.81. The number of hydrogen-bond acceptors (Lipinski definition) is 7. The van der Waals surface area contributed by atoms with Gasteiger partial charge in [-0.1, -0.05) is 0 Å². The Morgan fingerprint density at radius 2 is 2.00 bits per heavy atom. The van der Waals surface area contributed by atoms with E-state index in [1.165, 1.54) is 23.7 Å². The van der Waals surface area contributed by atoms with Gasteiger partial charge in [0.2, 0.25) is 0 Å². The van der Waals surface area contributed by atoms with Crippen molar-refractivity contribution in [2.75, 3.05) is 13.1 Å². The van der Waals surface area contributed by atoms with E-state index in [2.05, 4.69) is 15.0 Å². The number of aliphatic carboxylic acids is 1. The van der Waals surface area contributed by atoms with E-state index >= 15 is 0 Å². The summed E-state index contributed by atoms with van der Waals surface area (Å²) in [6.07, 6.45) is 2.89. The van der Waals surface area contributed by atoms with Crippen LogP contribution in [0.1, 0.15) is 17.3 Å². The van der Waals surface area contributed by atoms with E-state index in [1.54, 1.807) is 23.9 Å². The normalized spacial score (nSPS) is 10.8. The van der Waals surface area contributed by atoms with E-state index in [-0.39, 0.29) is 23.4 Å². The quantitative estimate of drug-likeness (QED) is 0.716. The molecule has 2 aromatic heterocycles. The highest BCUT2D eigenvalue weighted by Gasteiger charge is 2.26. The first-order valence-electron chi connectivity index (χ1n) is 7.39. The van der Waals surface area contributed by atoms with Gasteiger partial charge < -0.3 is 15.1 Å². The molecule has 0 fully saturated rings.